The van der Waals surface area contributed by atoms with Gasteiger partial charge in [-0.05, 0) is 72.1 Å². The Morgan fingerprint density at radius 3 is 2.31 bits per heavy atom. The third-order valence-electron chi connectivity index (χ3n) is 5.61. The van der Waals surface area contributed by atoms with Crippen LogP contribution in [0.4, 0.5) is 19.0 Å². The van der Waals surface area contributed by atoms with Crippen LogP contribution in [-0.4, -0.2) is 53.2 Å². The van der Waals surface area contributed by atoms with Crippen LogP contribution in [0.2, 0.25) is 0 Å². The highest BCUT2D eigenvalue weighted by Gasteiger charge is 2.30. The molecule has 3 N–H and O–H groups in total. The second-order valence-corrected chi connectivity index (χ2v) is 11.1. The van der Waals surface area contributed by atoms with Crippen LogP contribution >= 0.6 is 11.8 Å². The Bertz CT molecular complexity index is 1330. The van der Waals surface area contributed by atoms with Gasteiger partial charge in [0.2, 0.25) is 10.0 Å². The summed E-state index contributed by atoms with van der Waals surface area (Å²) in [7, 11) is -3.71. The van der Waals surface area contributed by atoms with Crippen LogP contribution in [-0.2, 0) is 10.0 Å². The molecule has 0 saturated carbocycles. The van der Waals surface area contributed by atoms with Gasteiger partial charge in [-0.3, -0.25) is 9.78 Å². The van der Waals surface area contributed by atoms with Crippen molar-refractivity contribution in [3.05, 3.63) is 66.6 Å². The van der Waals surface area contributed by atoms with Gasteiger partial charge in [0.05, 0.1) is 4.90 Å². The van der Waals surface area contributed by atoms with Crippen molar-refractivity contribution in [3.63, 3.8) is 0 Å². The number of anilines is 1. The lowest BCUT2D eigenvalue weighted by Crippen LogP contribution is -2.42. The van der Waals surface area contributed by atoms with E-state index in [9.17, 15) is 26.4 Å². The largest absolute Gasteiger partial charge is 0.446 e. The maximum Gasteiger partial charge on any atom is 0.446 e. The molecule has 1 aliphatic rings. The van der Waals surface area contributed by atoms with E-state index < -0.39 is 21.4 Å². The van der Waals surface area contributed by atoms with Gasteiger partial charge in [-0.1, -0.05) is 12.1 Å². The number of alkyl halides is 3. The third-order valence-corrected chi connectivity index (χ3v) is 8.24. The van der Waals surface area contributed by atoms with Crippen molar-refractivity contribution >= 4 is 33.5 Å². The van der Waals surface area contributed by atoms with Gasteiger partial charge in [0, 0.05) is 36.4 Å². The fraction of sp³-hybridized carbons (Fsp3) is 0.261. The molecule has 0 radical (unpaired) electrons. The minimum absolute atomic E-state index is 0.00257. The minimum atomic E-state index is -4.37. The zero-order valence-corrected chi connectivity index (χ0v) is 20.4. The van der Waals surface area contributed by atoms with E-state index in [1.165, 1.54) is 34.8 Å². The molecule has 3 aromatic rings. The number of pyridine rings is 2. The van der Waals surface area contributed by atoms with E-state index in [0.29, 0.717) is 29.8 Å². The molecule has 0 spiro atoms. The van der Waals surface area contributed by atoms with E-state index in [1.54, 1.807) is 24.3 Å². The first-order chi connectivity index (χ1) is 17.0. The molecule has 0 aliphatic carbocycles. The van der Waals surface area contributed by atoms with Crippen LogP contribution in [0.25, 0.3) is 11.1 Å². The fourth-order valence-electron chi connectivity index (χ4n) is 3.82. The number of amides is 1. The fourth-order valence-corrected chi connectivity index (χ4v) is 5.80. The molecule has 13 heteroatoms. The number of piperidine rings is 1. The lowest BCUT2D eigenvalue weighted by molar-refractivity contribution is -0.0328. The Kier molecular flexibility index (Phi) is 7.52. The van der Waals surface area contributed by atoms with Crippen LogP contribution in [0.3, 0.4) is 0 Å². The number of carbonyl (C=O) groups excluding carboxylic acids is 1. The zero-order valence-electron chi connectivity index (χ0n) is 18.8. The Morgan fingerprint density at radius 1 is 1.03 bits per heavy atom. The SMILES string of the molecule is NC(=O)c1cc(-c2ccc(S(=O)(=O)N3CCC(Nc4ccc(SC(F)(F)F)cn4)CC3)cc2)ccn1. The average Bonchev–Trinajstić information content (AvgIpc) is 2.85. The quantitative estimate of drug-likeness (QED) is 0.435. The maximum absolute atomic E-state index is 13.1. The highest BCUT2D eigenvalue weighted by atomic mass is 32.2. The van der Waals surface area contributed by atoms with Crippen molar-refractivity contribution in [2.24, 2.45) is 5.73 Å². The molecule has 1 aliphatic heterocycles. The highest BCUT2D eigenvalue weighted by Crippen LogP contribution is 2.36. The number of aromatic nitrogens is 2. The van der Waals surface area contributed by atoms with Crippen LogP contribution in [0.15, 0.2) is 70.7 Å². The normalized spacial score (nSPS) is 15.5. The van der Waals surface area contributed by atoms with Gasteiger partial charge >= 0.3 is 5.51 Å². The lowest BCUT2D eigenvalue weighted by atomic mass is 10.1. The second-order valence-electron chi connectivity index (χ2n) is 8.07. The zero-order chi connectivity index (χ0) is 25.9. The summed E-state index contributed by atoms with van der Waals surface area (Å²) in [5.41, 5.74) is 2.42. The highest BCUT2D eigenvalue weighted by molar-refractivity contribution is 8.00. The number of hydrogen-bond donors (Lipinski definition) is 2. The van der Waals surface area contributed by atoms with Gasteiger partial charge in [0.25, 0.3) is 5.91 Å². The van der Waals surface area contributed by atoms with Crippen molar-refractivity contribution in [2.45, 2.75) is 34.2 Å². The van der Waals surface area contributed by atoms with Crippen LogP contribution in [0.1, 0.15) is 23.3 Å². The number of nitrogens with zero attached hydrogens (tertiary/aromatic N) is 3. The summed E-state index contributed by atoms with van der Waals surface area (Å²) in [6.45, 7) is 0.576. The van der Waals surface area contributed by atoms with Gasteiger partial charge in [-0.2, -0.15) is 17.5 Å². The molecule has 1 fully saturated rings. The number of rotatable bonds is 7. The number of nitrogens with one attached hydrogen (secondary N) is 1. The minimum Gasteiger partial charge on any atom is -0.367 e. The van der Waals surface area contributed by atoms with E-state index in [2.05, 4.69) is 15.3 Å². The molecular formula is C23H22F3N5O3S2. The molecule has 0 unspecified atom stereocenters. The first-order valence-electron chi connectivity index (χ1n) is 10.9. The van der Waals surface area contributed by atoms with E-state index >= 15 is 0 Å². The van der Waals surface area contributed by atoms with Gasteiger partial charge in [0.1, 0.15) is 11.5 Å². The Balaban J connectivity index is 1.36. The van der Waals surface area contributed by atoms with Crippen molar-refractivity contribution in [2.75, 3.05) is 18.4 Å². The van der Waals surface area contributed by atoms with E-state index in [1.807, 2.05) is 0 Å². The first kappa shape index (κ1) is 25.9. The number of sulfonamides is 1. The maximum atomic E-state index is 13.1. The smallest absolute Gasteiger partial charge is 0.367 e. The van der Waals surface area contributed by atoms with Crippen LogP contribution in [0.5, 0.6) is 0 Å². The lowest BCUT2D eigenvalue weighted by Gasteiger charge is -2.32. The number of primary amides is 1. The number of thioether (sulfide) groups is 1. The number of benzene rings is 1. The van der Waals surface area contributed by atoms with Gasteiger partial charge in [-0.15, -0.1) is 0 Å². The molecule has 1 saturated heterocycles. The second kappa shape index (κ2) is 10.4. The molecule has 0 atom stereocenters. The number of hydrogen-bond acceptors (Lipinski definition) is 7. The molecule has 3 heterocycles. The third kappa shape index (κ3) is 6.33. The van der Waals surface area contributed by atoms with Crippen molar-refractivity contribution in [1.82, 2.24) is 14.3 Å². The first-order valence-corrected chi connectivity index (χ1v) is 13.1. The summed E-state index contributed by atoms with van der Waals surface area (Å²) in [5.74, 6) is -0.212. The predicted octanol–water partition coefficient (Wildman–Crippen LogP) is 4.12. The average molecular weight is 538 g/mol. The van der Waals surface area contributed by atoms with Gasteiger partial charge in [-0.25, -0.2) is 13.4 Å². The summed E-state index contributed by atoms with van der Waals surface area (Å²) in [4.78, 5) is 19.4. The van der Waals surface area contributed by atoms with Crippen LogP contribution < -0.4 is 11.1 Å². The van der Waals surface area contributed by atoms with Crippen LogP contribution in [0, 0.1) is 0 Å². The molecule has 190 valence electrons. The summed E-state index contributed by atoms with van der Waals surface area (Å²) >= 11 is -0.227. The monoisotopic (exact) mass is 537 g/mol. The number of carbonyl (C=O) groups is 1. The number of nitrogens with two attached hydrogens (primary N) is 1. The van der Waals surface area contributed by atoms with Crippen molar-refractivity contribution < 1.29 is 26.4 Å². The molecule has 36 heavy (non-hydrogen) atoms. The summed E-state index contributed by atoms with van der Waals surface area (Å²) in [5, 5.41) is 3.16. The molecule has 8 nitrogen and oxygen atoms in total. The molecule has 1 aromatic carbocycles. The molecule has 2 aromatic heterocycles. The van der Waals surface area contributed by atoms with Crippen molar-refractivity contribution in [1.29, 1.82) is 0 Å². The standard InChI is InChI=1S/C23H22F3N5O3S2/c24-23(25,26)35-18-3-6-21(29-14-18)30-17-8-11-31(12-9-17)36(33,34)19-4-1-15(2-5-19)16-7-10-28-20(13-16)22(27)32/h1-7,10,13-14,17H,8-9,11-12H2,(H2,27,32)(H,29,30). The van der Waals surface area contributed by atoms with E-state index in [0.717, 1.165) is 6.20 Å². The molecule has 0 bridgehead atoms. The van der Waals surface area contributed by atoms with Gasteiger partial charge in [0.15, 0.2) is 0 Å². The Labute approximate surface area is 210 Å². The van der Waals surface area contributed by atoms with E-state index in [4.69, 9.17) is 5.73 Å². The molecule has 1 amide bonds. The summed E-state index contributed by atoms with van der Waals surface area (Å²) < 4.78 is 65.0. The Morgan fingerprint density at radius 2 is 1.72 bits per heavy atom. The molecular weight excluding hydrogens is 515 g/mol. The Hall–Kier alpha value is -3.16. The molecule has 4 rings (SSSR count). The number of halogens is 3. The topological polar surface area (TPSA) is 118 Å². The summed E-state index contributed by atoms with van der Waals surface area (Å²) in [6, 6.07) is 12.4. The summed E-state index contributed by atoms with van der Waals surface area (Å²) in [6.07, 6.45) is 3.66. The van der Waals surface area contributed by atoms with Gasteiger partial charge < -0.3 is 11.1 Å². The van der Waals surface area contributed by atoms with Crippen molar-refractivity contribution in [3.8, 4) is 11.1 Å². The van der Waals surface area contributed by atoms with E-state index in [-0.39, 0.29) is 46.4 Å². The predicted molar refractivity (Wildman–Crippen MR) is 130 cm³/mol.